The molecule has 0 atom stereocenters. The van der Waals surface area contributed by atoms with Crippen molar-refractivity contribution in [2.75, 3.05) is 33.4 Å². The van der Waals surface area contributed by atoms with Crippen LogP contribution in [0.25, 0.3) is 0 Å². The van der Waals surface area contributed by atoms with Crippen LogP contribution in [-0.4, -0.2) is 38.3 Å². The lowest BCUT2D eigenvalue weighted by Crippen LogP contribution is -2.30. The molecule has 1 aliphatic carbocycles. The summed E-state index contributed by atoms with van der Waals surface area (Å²) < 4.78 is 5.35. The van der Waals surface area contributed by atoms with E-state index in [0.29, 0.717) is 0 Å². The number of likely N-dealkylation sites (N-methyl/N-ethyl adjacent to an activating group) is 1. The molecular formula is C12H25NO. The summed E-state index contributed by atoms with van der Waals surface area (Å²) in [6.45, 7) is 6.15. The SMILES string of the molecule is CCOCCN(C)CC1CCCCC1. The molecule has 0 aromatic rings. The average molecular weight is 199 g/mol. The Labute approximate surface area is 88.6 Å². The van der Waals surface area contributed by atoms with E-state index in [-0.39, 0.29) is 0 Å². The van der Waals surface area contributed by atoms with E-state index in [2.05, 4.69) is 18.9 Å². The molecule has 0 unspecified atom stereocenters. The molecule has 84 valence electrons. The second-order valence-corrected chi connectivity index (χ2v) is 4.46. The predicted octanol–water partition coefficient (Wildman–Crippen LogP) is 2.54. The van der Waals surface area contributed by atoms with Crippen LogP contribution < -0.4 is 0 Å². The summed E-state index contributed by atoms with van der Waals surface area (Å²) in [4.78, 5) is 2.42. The van der Waals surface area contributed by atoms with Gasteiger partial charge in [0, 0.05) is 19.7 Å². The van der Waals surface area contributed by atoms with Gasteiger partial charge in [-0.05, 0) is 32.7 Å². The number of hydrogen-bond donors (Lipinski definition) is 0. The molecule has 2 heteroatoms. The highest BCUT2D eigenvalue weighted by Gasteiger charge is 2.14. The van der Waals surface area contributed by atoms with Crippen LogP contribution in [-0.2, 0) is 4.74 Å². The van der Waals surface area contributed by atoms with Gasteiger partial charge in [-0.1, -0.05) is 19.3 Å². The van der Waals surface area contributed by atoms with Crippen molar-refractivity contribution in [2.24, 2.45) is 5.92 Å². The summed E-state index contributed by atoms with van der Waals surface area (Å²) in [5, 5.41) is 0. The summed E-state index contributed by atoms with van der Waals surface area (Å²) >= 11 is 0. The third-order valence-electron chi connectivity index (χ3n) is 3.12. The molecule has 0 aromatic carbocycles. The molecule has 0 spiro atoms. The molecule has 0 aromatic heterocycles. The first-order valence-corrected chi connectivity index (χ1v) is 6.09. The molecule has 0 saturated heterocycles. The Morgan fingerprint density at radius 3 is 2.57 bits per heavy atom. The first kappa shape index (κ1) is 12.0. The van der Waals surface area contributed by atoms with E-state index < -0.39 is 0 Å². The molecule has 0 heterocycles. The molecule has 1 saturated carbocycles. The number of nitrogens with zero attached hydrogens (tertiary/aromatic N) is 1. The lowest BCUT2D eigenvalue weighted by Gasteiger charge is -2.26. The molecule has 0 N–H and O–H groups in total. The Hall–Kier alpha value is -0.0800. The van der Waals surface area contributed by atoms with Crippen molar-refractivity contribution < 1.29 is 4.74 Å². The molecule has 0 bridgehead atoms. The highest BCUT2D eigenvalue weighted by molar-refractivity contribution is 4.68. The van der Waals surface area contributed by atoms with E-state index in [1.165, 1.54) is 38.6 Å². The van der Waals surface area contributed by atoms with E-state index in [4.69, 9.17) is 4.74 Å². The maximum absolute atomic E-state index is 5.35. The topological polar surface area (TPSA) is 12.5 Å². The molecule has 2 nitrogen and oxygen atoms in total. The zero-order chi connectivity index (χ0) is 10.2. The van der Waals surface area contributed by atoms with Gasteiger partial charge < -0.3 is 9.64 Å². The van der Waals surface area contributed by atoms with Crippen LogP contribution in [0.1, 0.15) is 39.0 Å². The van der Waals surface area contributed by atoms with Crippen LogP contribution in [0.5, 0.6) is 0 Å². The van der Waals surface area contributed by atoms with Crippen molar-refractivity contribution in [3.8, 4) is 0 Å². The molecule has 1 rings (SSSR count). The Kier molecular flexibility index (Phi) is 6.20. The molecule has 1 aliphatic rings. The van der Waals surface area contributed by atoms with E-state index in [1.807, 2.05) is 0 Å². The van der Waals surface area contributed by atoms with Crippen molar-refractivity contribution in [3.63, 3.8) is 0 Å². The van der Waals surface area contributed by atoms with Crippen molar-refractivity contribution >= 4 is 0 Å². The van der Waals surface area contributed by atoms with Crippen LogP contribution in [0, 0.1) is 5.92 Å². The first-order valence-electron chi connectivity index (χ1n) is 6.09. The molecule has 0 aliphatic heterocycles. The van der Waals surface area contributed by atoms with Crippen LogP contribution >= 0.6 is 0 Å². The largest absolute Gasteiger partial charge is 0.380 e. The van der Waals surface area contributed by atoms with Gasteiger partial charge in [0.25, 0.3) is 0 Å². The van der Waals surface area contributed by atoms with Crippen molar-refractivity contribution in [1.29, 1.82) is 0 Å². The zero-order valence-electron chi connectivity index (χ0n) is 9.80. The Bertz CT molecular complexity index is 132. The van der Waals surface area contributed by atoms with Crippen molar-refractivity contribution in [1.82, 2.24) is 4.90 Å². The molecular weight excluding hydrogens is 174 g/mol. The van der Waals surface area contributed by atoms with E-state index in [0.717, 1.165) is 25.7 Å². The van der Waals surface area contributed by atoms with Gasteiger partial charge in [-0.2, -0.15) is 0 Å². The normalized spacial score (nSPS) is 19.1. The summed E-state index contributed by atoms with van der Waals surface area (Å²) in [7, 11) is 2.22. The average Bonchev–Trinajstić information content (AvgIpc) is 2.20. The Morgan fingerprint density at radius 2 is 1.93 bits per heavy atom. The quantitative estimate of drug-likeness (QED) is 0.610. The van der Waals surface area contributed by atoms with Gasteiger partial charge in [0.2, 0.25) is 0 Å². The van der Waals surface area contributed by atoms with Crippen molar-refractivity contribution in [3.05, 3.63) is 0 Å². The highest BCUT2D eigenvalue weighted by atomic mass is 16.5. The molecule has 0 amide bonds. The van der Waals surface area contributed by atoms with Gasteiger partial charge in [-0.25, -0.2) is 0 Å². The third-order valence-corrected chi connectivity index (χ3v) is 3.12. The minimum absolute atomic E-state index is 0.845. The van der Waals surface area contributed by atoms with Crippen LogP contribution in [0.4, 0.5) is 0 Å². The number of ether oxygens (including phenoxy) is 1. The summed E-state index contributed by atoms with van der Waals surface area (Å²) in [6.07, 6.45) is 7.24. The summed E-state index contributed by atoms with van der Waals surface area (Å²) in [5.41, 5.74) is 0. The minimum Gasteiger partial charge on any atom is -0.380 e. The fraction of sp³-hybridized carbons (Fsp3) is 1.00. The second kappa shape index (κ2) is 7.24. The monoisotopic (exact) mass is 199 g/mol. The minimum atomic E-state index is 0.845. The van der Waals surface area contributed by atoms with Gasteiger partial charge in [0.1, 0.15) is 0 Å². The Morgan fingerprint density at radius 1 is 1.21 bits per heavy atom. The number of hydrogen-bond acceptors (Lipinski definition) is 2. The molecule has 0 radical (unpaired) electrons. The van der Waals surface area contributed by atoms with Crippen molar-refractivity contribution in [2.45, 2.75) is 39.0 Å². The fourth-order valence-electron chi connectivity index (χ4n) is 2.27. The highest BCUT2D eigenvalue weighted by Crippen LogP contribution is 2.23. The lowest BCUT2D eigenvalue weighted by molar-refractivity contribution is 0.113. The van der Waals surface area contributed by atoms with E-state index in [1.54, 1.807) is 0 Å². The first-order chi connectivity index (χ1) is 6.83. The summed E-state index contributed by atoms with van der Waals surface area (Å²) in [6, 6.07) is 0. The van der Waals surface area contributed by atoms with E-state index in [9.17, 15) is 0 Å². The maximum Gasteiger partial charge on any atom is 0.0593 e. The van der Waals surface area contributed by atoms with Crippen LogP contribution in [0.3, 0.4) is 0 Å². The second-order valence-electron chi connectivity index (χ2n) is 4.46. The van der Waals surface area contributed by atoms with Gasteiger partial charge in [-0.15, -0.1) is 0 Å². The maximum atomic E-state index is 5.35. The van der Waals surface area contributed by atoms with Crippen LogP contribution in [0.15, 0.2) is 0 Å². The van der Waals surface area contributed by atoms with Crippen LogP contribution in [0.2, 0.25) is 0 Å². The van der Waals surface area contributed by atoms with Gasteiger partial charge >= 0.3 is 0 Å². The summed E-state index contributed by atoms with van der Waals surface area (Å²) in [5.74, 6) is 0.954. The fourth-order valence-corrected chi connectivity index (χ4v) is 2.27. The molecule has 1 fully saturated rings. The lowest BCUT2D eigenvalue weighted by atomic mass is 9.89. The predicted molar refractivity (Wildman–Crippen MR) is 60.6 cm³/mol. The Balaban J connectivity index is 2.03. The third kappa shape index (κ3) is 4.97. The smallest absolute Gasteiger partial charge is 0.0593 e. The zero-order valence-corrected chi connectivity index (χ0v) is 9.80. The van der Waals surface area contributed by atoms with Gasteiger partial charge in [-0.3, -0.25) is 0 Å². The van der Waals surface area contributed by atoms with E-state index >= 15 is 0 Å². The number of rotatable bonds is 6. The molecule has 14 heavy (non-hydrogen) atoms. The van der Waals surface area contributed by atoms with Gasteiger partial charge in [0.05, 0.1) is 6.61 Å². The van der Waals surface area contributed by atoms with Gasteiger partial charge in [0.15, 0.2) is 0 Å². The standard InChI is InChI=1S/C12H25NO/c1-3-14-10-9-13(2)11-12-7-5-4-6-8-12/h12H,3-11H2,1-2H3.